The molecule has 1 fully saturated rings. The average molecular weight is 230 g/mol. The summed E-state index contributed by atoms with van der Waals surface area (Å²) in [6.07, 6.45) is 3.86. The molecule has 0 saturated heterocycles. The summed E-state index contributed by atoms with van der Waals surface area (Å²) in [5.41, 5.74) is -0.333. The smallest absolute Gasteiger partial charge is 0.221 e. The van der Waals surface area contributed by atoms with E-state index in [-0.39, 0.29) is 10.7 Å². The first-order chi connectivity index (χ1) is 7.12. The Morgan fingerprint density at radius 3 is 2.60 bits per heavy atom. The first-order valence-electron chi connectivity index (χ1n) is 5.20. The van der Waals surface area contributed by atoms with E-state index in [0.29, 0.717) is 18.9 Å². The van der Waals surface area contributed by atoms with Crippen LogP contribution in [0.3, 0.4) is 0 Å². The minimum Gasteiger partial charge on any atom is -0.383 e. The lowest BCUT2D eigenvalue weighted by molar-refractivity contribution is -0.112. The topological polar surface area (TPSA) is 50.1 Å². The number of nitriles is 1. The maximum Gasteiger partial charge on any atom is 0.221 e. The molecule has 1 rings (SSSR count). The molecule has 15 heavy (non-hydrogen) atoms. The Bertz CT molecular complexity index is 264. The van der Waals surface area contributed by atoms with Crippen LogP contribution in [0.1, 0.15) is 32.1 Å². The van der Waals surface area contributed by atoms with Crippen molar-refractivity contribution in [3.8, 4) is 6.07 Å². The van der Waals surface area contributed by atoms with Gasteiger partial charge < -0.3 is 4.74 Å². The fourth-order valence-electron chi connectivity index (χ4n) is 2.23. The highest BCUT2D eigenvalue weighted by Crippen LogP contribution is 2.40. The lowest BCUT2D eigenvalue weighted by atomic mass is 9.71. The molecule has 0 aromatic rings. The van der Waals surface area contributed by atoms with E-state index < -0.39 is 0 Å². The number of methoxy groups -OCH3 is 1. The number of hydrogen-bond acceptors (Lipinski definition) is 3. The third-order valence-corrected chi connectivity index (χ3v) is 3.32. The van der Waals surface area contributed by atoms with Crippen LogP contribution >= 0.6 is 11.6 Å². The molecule has 0 heterocycles. The Kier molecular flexibility index (Phi) is 4.56. The van der Waals surface area contributed by atoms with Gasteiger partial charge in [-0.3, -0.25) is 4.79 Å². The van der Waals surface area contributed by atoms with Crippen molar-refractivity contribution in [2.24, 2.45) is 11.3 Å². The van der Waals surface area contributed by atoms with E-state index in [0.717, 1.165) is 25.7 Å². The molecule has 0 unspecified atom stereocenters. The van der Waals surface area contributed by atoms with Crippen molar-refractivity contribution in [2.45, 2.75) is 32.1 Å². The molecule has 1 aliphatic rings. The van der Waals surface area contributed by atoms with Crippen molar-refractivity contribution in [1.29, 1.82) is 5.26 Å². The van der Waals surface area contributed by atoms with Gasteiger partial charge in [0, 0.05) is 13.5 Å². The van der Waals surface area contributed by atoms with Crippen LogP contribution in [0.5, 0.6) is 0 Å². The van der Waals surface area contributed by atoms with Gasteiger partial charge in [-0.05, 0) is 43.2 Å². The fraction of sp³-hybridized carbons (Fsp3) is 0.818. The third kappa shape index (κ3) is 3.48. The molecule has 0 radical (unpaired) electrons. The van der Waals surface area contributed by atoms with Crippen molar-refractivity contribution < 1.29 is 9.53 Å². The van der Waals surface area contributed by atoms with Crippen LogP contribution in [0.4, 0.5) is 0 Å². The summed E-state index contributed by atoms with van der Waals surface area (Å²) in [5, 5.41) is 8.85. The third-order valence-electron chi connectivity index (χ3n) is 3.17. The minimum absolute atomic E-state index is 0.267. The van der Waals surface area contributed by atoms with E-state index >= 15 is 0 Å². The number of rotatable bonds is 4. The summed E-state index contributed by atoms with van der Waals surface area (Å²) in [6, 6.07) is 2.35. The highest BCUT2D eigenvalue weighted by atomic mass is 35.5. The molecular formula is C11H16ClNO2. The summed E-state index contributed by atoms with van der Waals surface area (Å²) in [5.74, 6) is 0.355. The van der Waals surface area contributed by atoms with Crippen molar-refractivity contribution in [2.75, 3.05) is 13.7 Å². The maximum absolute atomic E-state index is 10.7. The van der Waals surface area contributed by atoms with Crippen LogP contribution in [0, 0.1) is 22.7 Å². The quantitative estimate of drug-likeness (QED) is 0.696. The second-order valence-corrected chi connectivity index (χ2v) is 4.75. The largest absolute Gasteiger partial charge is 0.383 e. The van der Waals surface area contributed by atoms with E-state index in [4.69, 9.17) is 21.6 Å². The zero-order valence-electron chi connectivity index (χ0n) is 8.96. The van der Waals surface area contributed by atoms with Crippen LogP contribution < -0.4 is 0 Å². The summed E-state index contributed by atoms with van der Waals surface area (Å²) < 4.78 is 5.08. The predicted octanol–water partition coefficient (Wildman–Crippen LogP) is 2.49. The number of ether oxygens (including phenoxy) is 1. The van der Waals surface area contributed by atoms with Crippen molar-refractivity contribution in [3.05, 3.63) is 0 Å². The fourth-order valence-corrected chi connectivity index (χ4v) is 2.44. The average Bonchev–Trinajstić information content (AvgIpc) is 2.21. The van der Waals surface area contributed by atoms with Gasteiger partial charge in [-0.15, -0.1) is 0 Å². The van der Waals surface area contributed by atoms with E-state index in [1.54, 1.807) is 7.11 Å². The number of hydrogen-bond donors (Lipinski definition) is 0. The molecule has 0 aliphatic heterocycles. The molecule has 1 aliphatic carbocycles. The molecule has 3 nitrogen and oxygen atoms in total. The first kappa shape index (κ1) is 12.5. The van der Waals surface area contributed by atoms with Crippen molar-refractivity contribution in [3.63, 3.8) is 0 Å². The van der Waals surface area contributed by atoms with Gasteiger partial charge in [0.1, 0.15) is 0 Å². The monoisotopic (exact) mass is 229 g/mol. The molecule has 0 aromatic carbocycles. The second-order valence-electron chi connectivity index (χ2n) is 4.33. The zero-order chi connectivity index (χ0) is 11.3. The molecule has 1 saturated carbocycles. The van der Waals surface area contributed by atoms with Crippen LogP contribution in [-0.2, 0) is 9.53 Å². The van der Waals surface area contributed by atoms with Gasteiger partial charge in [-0.25, -0.2) is 0 Å². The van der Waals surface area contributed by atoms with Crippen molar-refractivity contribution in [1.82, 2.24) is 0 Å². The minimum atomic E-state index is -0.333. The SMILES string of the molecule is COCC1(C#N)CCC(CC(=O)Cl)CC1. The highest BCUT2D eigenvalue weighted by molar-refractivity contribution is 6.63. The van der Waals surface area contributed by atoms with Gasteiger partial charge in [-0.1, -0.05) is 0 Å². The molecule has 0 bridgehead atoms. The Morgan fingerprint density at radius 2 is 2.20 bits per heavy atom. The Labute approximate surface area is 95.4 Å². The standard InChI is InChI=1S/C11H16ClNO2/c1-15-8-11(7-13)4-2-9(3-5-11)6-10(12)14/h9H,2-6,8H2,1H3. The second kappa shape index (κ2) is 5.48. The van der Waals surface area contributed by atoms with E-state index in [1.807, 2.05) is 0 Å². The normalized spacial score (nSPS) is 30.9. The molecular weight excluding hydrogens is 214 g/mol. The van der Waals surface area contributed by atoms with Crippen LogP contribution in [-0.4, -0.2) is 19.0 Å². The molecule has 84 valence electrons. The van der Waals surface area contributed by atoms with Crippen LogP contribution in [0.15, 0.2) is 0 Å². The Hall–Kier alpha value is -0.590. The lowest BCUT2D eigenvalue weighted by Crippen LogP contribution is -2.30. The number of carbonyl (C=O) groups is 1. The molecule has 0 amide bonds. The summed E-state index contributed by atoms with van der Waals surface area (Å²) >= 11 is 5.35. The first-order valence-corrected chi connectivity index (χ1v) is 5.58. The van der Waals surface area contributed by atoms with Gasteiger partial charge in [0.15, 0.2) is 0 Å². The lowest BCUT2D eigenvalue weighted by Gasteiger charge is -2.33. The van der Waals surface area contributed by atoms with Gasteiger partial charge in [-0.2, -0.15) is 5.26 Å². The van der Waals surface area contributed by atoms with Crippen LogP contribution in [0.25, 0.3) is 0 Å². The molecule has 0 atom stereocenters. The molecule has 0 spiro atoms. The summed E-state index contributed by atoms with van der Waals surface area (Å²) in [6.45, 7) is 0.491. The van der Waals surface area contributed by atoms with E-state index in [2.05, 4.69) is 6.07 Å². The molecule has 4 heteroatoms. The number of nitrogens with zero attached hydrogens (tertiary/aromatic N) is 1. The summed E-state index contributed by atoms with van der Waals surface area (Å²) in [7, 11) is 1.62. The van der Waals surface area contributed by atoms with E-state index in [9.17, 15) is 4.79 Å². The summed E-state index contributed by atoms with van der Waals surface area (Å²) in [4.78, 5) is 10.7. The van der Waals surface area contributed by atoms with Crippen LogP contribution in [0.2, 0.25) is 0 Å². The maximum atomic E-state index is 10.7. The highest BCUT2D eigenvalue weighted by Gasteiger charge is 2.35. The van der Waals surface area contributed by atoms with E-state index in [1.165, 1.54) is 0 Å². The predicted molar refractivity (Wildman–Crippen MR) is 57.4 cm³/mol. The van der Waals surface area contributed by atoms with Gasteiger partial charge >= 0.3 is 0 Å². The van der Waals surface area contributed by atoms with Gasteiger partial charge in [0.05, 0.1) is 18.1 Å². The zero-order valence-corrected chi connectivity index (χ0v) is 9.72. The molecule has 0 aromatic heterocycles. The molecule has 0 N–H and O–H groups in total. The number of halogens is 1. The van der Waals surface area contributed by atoms with Gasteiger partial charge in [0.25, 0.3) is 0 Å². The van der Waals surface area contributed by atoms with Crippen molar-refractivity contribution >= 4 is 16.8 Å². The van der Waals surface area contributed by atoms with Gasteiger partial charge in [0.2, 0.25) is 5.24 Å². The Balaban J connectivity index is 2.46. The Morgan fingerprint density at radius 1 is 1.60 bits per heavy atom. The number of carbonyl (C=O) groups excluding carboxylic acids is 1.